The van der Waals surface area contributed by atoms with Gasteiger partial charge in [0.1, 0.15) is 0 Å². The molecule has 3 aromatic rings. The van der Waals surface area contributed by atoms with E-state index in [-0.39, 0.29) is 5.91 Å². The summed E-state index contributed by atoms with van der Waals surface area (Å²) >= 11 is 0. The Balaban J connectivity index is 1.66. The van der Waals surface area contributed by atoms with Crippen LogP contribution in [-0.4, -0.2) is 22.6 Å². The number of carbonyl (C=O) groups excluding carboxylic acids is 1. The summed E-state index contributed by atoms with van der Waals surface area (Å²) in [5.74, 6) is 1.09. The lowest BCUT2D eigenvalue weighted by atomic mass is 10.1. The second kappa shape index (κ2) is 7.95. The first kappa shape index (κ1) is 17.9. The monoisotopic (exact) mass is 349 g/mol. The summed E-state index contributed by atoms with van der Waals surface area (Å²) in [5, 5.41) is 4.02. The Morgan fingerprint density at radius 1 is 1.08 bits per heavy atom. The molecule has 1 aromatic heterocycles. The fourth-order valence-corrected chi connectivity index (χ4v) is 2.87. The van der Waals surface area contributed by atoms with Gasteiger partial charge in [-0.3, -0.25) is 4.79 Å². The smallest absolute Gasteiger partial charge is 0.227 e. The van der Waals surface area contributed by atoms with E-state index in [0.717, 1.165) is 16.8 Å². The maximum atomic E-state index is 12.7. The van der Waals surface area contributed by atoms with Crippen LogP contribution >= 0.6 is 0 Å². The molecule has 3 rings (SSSR count). The van der Waals surface area contributed by atoms with Gasteiger partial charge in [0.15, 0.2) is 0 Å². The van der Waals surface area contributed by atoms with Crippen LogP contribution in [0.1, 0.15) is 30.4 Å². The van der Waals surface area contributed by atoms with Crippen molar-refractivity contribution < 1.29 is 9.32 Å². The quantitative estimate of drug-likeness (QED) is 0.664. The van der Waals surface area contributed by atoms with E-state index >= 15 is 0 Å². The van der Waals surface area contributed by atoms with Gasteiger partial charge in [0, 0.05) is 30.6 Å². The lowest BCUT2D eigenvalue weighted by Crippen LogP contribution is -2.31. The summed E-state index contributed by atoms with van der Waals surface area (Å²) in [7, 11) is 0. The Kier molecular flexibility index (Phi) is 5.46. The molecule has 0 atom stereocenters. The van der Waals surface area contributed by atoms with Crippen LogP contribution < -0.4 is 4.90 Å². The highest BCUT2D eigenvalue weighted by molar-refractivity contribution is 5.94. The number of amides is 1. The average Bonchev–Trinajstić information content (AvgIpc) is 3.12. The number of hydrogen-bond donors (Lipinski definition) is 0. The normalized spacial score (nSPS) is 10.7. The fourth-order valence-electron chi connectivity index (χ4n) is 2.87. The summed E-state index contributed by atoms with van der Waals surface area (Å²) in [6.07, 6.45) is 0.762. The minimum Gasteiger partial charge on any atom is -0.339 e. The molecule has 0 saturated heterocycles. The number of hydrogen-bond acceptors (Lipinski definition) is 4. The molecular formula is C21H23N3O2. The summed E-state index contributed by atoms with van der Waals surface area (Å²) < 4.78 is 5.31. The number of nitrogens with zero attached hydrogens (tertiary/aromatic N) is 3. The van der Waals surface area contributed by atoms with Gasteiger partial charge < -0.3 is 9.42 Å². The minimum atomic E-state index is 0.0527. The van der Waals surface area contributed by atoms with Crippen LogP contribution in [0.15, 0.2) is 53.1 Å². The van der Waals surface area contributed by atoms with Crippen LogP contribution in [0.2, 0.25) is 0 Å². The maximum absolute atomic E-state index is 12.7. The fraction of sp³-hybridized carbons (Fsp3) is 0.286. The van der Waals surface area contributed by atoms with Crippen molar-refractivity contribution in [2.45, 2.75) is 33.6 Å². The molecule has 0 unspecified atom stereocenters. The molecule has 5 heteroatoms. The largest absolute Gasteiger partial charge is 0.339 e. The first-order chi connectivity index (χ1) is 12.6. The van der Waals surface area contributed by atoms with Crippen LogP contribution in [-0.2, 0) is 11.2 Å². The number of anilines is 1. The van der Waals surface area contributed by atoms with E-state index in [1.807, 2.05) is 69.3 Å². The Hall–Kier alpha value is -2.95. The molecule has 0 spiro atoms. The van der Waals surface area contributed by atoms with E-state index in [1.54, 1.807) is 4.90 Å². The Bertz CT molecular complexity index is 884. The molecule has 0 aliphatic carbocycles. The lowest BCUT2D eigenvalue weighted by molar-refractivity contribution is -0.118. The zero-order valence-electron chi connectivity index (χ0n) is 15.4. The zero-order chi connectivity index (χ0) is 18.5. The van der Waals surface area contributed by atoms with Crippen LogP contribution in [0, 0.1) is 13.8 Å². The van der Waals surface area contributed by atoms with Gasteiger partial charge in [-0.15, -0.1) is 0 Å². The van der Waals surface area contributed by atoms with Crippen LogP contribution in [0.4, 0.5) is 5.69 Å². The summed E-state index contributed by atoms with van der Waals surface area (Å²) in [4.78, 5) is 18.9. The van der Waals surface area contributed by atoms with Gasteiger partial charge in [-0.2, -0.15) is 4.98 Å². The van der Waals surface area contributed by atoms with E-state index < -0.39 is 0 Å². The molecule has 5 nitrogen and oxygen atoms in total. The predicted octanol–water partition coefficient (Wildman–Crippen LogP) is 4.34. The van der Waals surface area contributed by atoms with Crippen molar-refractivity contribution in [2.75, 3.05) is 11.4 Å². The van der Waals surface area contributed by atoms with Crippen molar-refractivity contribution in [3.05, 3.63) is 65.5 Å². The molecule has 1 amide bonds. The molecule has 0 N–H and O–H groups in total. The number of aryl methyl sites for hydroxylation is 3. The highest BCUT2D eigenvalue weighted by atomic mass is 16.5. The third kappa shape index (κ3) is 3.99. The van der Waals surface area contributed by atoms with E-state index in [4.69, 9.17) is 4.52 Å². The van der Waals surface area contributed by atoms with Gasteiger partial charge >= 0.3 is 0 Å². The van der Waals surface area contributed by atoms with Gasteiger partial charge in [0.25, 0.3) is 0 Å². The Morgan fingerprint density at radius 2 is 1.81 bits per heavy atom. The summed E-state index contributed by atoms with van der Waals surface area (Å²) in [6, 6.07) is 15.9. The molecule has 1 heterocycles. The van der Waals surface area contributed by atoms with Crippen LogP contribution in [0.25, 0.3) is 11.4 Å². The molecule has 0 saturated carbocycles. The molecule has 0 bridgehead atoms. The van der Waals surface area contributed by atoms with E-state index in [9.17, 15) is 4.79 Å². The lowest BCUT2D eigenvalue weighted by Gasteiger charge is -2.22. The van der Waals surface area contributed by atoms with Gasteiger partial charge in [0.2, 0.25) is 17.6 Å². The van der Waals surface area contributed by atoms with Crippen LogP contribution in [0.5, 0.6) is 0 Å². The highest BCUT2D eigenvalue weighted by Gasteiger charge is 2.17. The Morgan fingerprint density at radius 3 is 2.50 bits per heavy atom. The number of benzene rings is 2. The molecular weight excluding hydrogens is 326 g/mol. The van der Waals surface area contributed by atoms with Crippen molar-refractivity contribution in [1.29, 1.82) is 0 Å². The SMILES string of the molecule is CCN(C(=O)CCc1nc(-c2ccc(C)cc2)no1)c1ccccc1C. The van der Waals surface area contributed by atoms with Gasteiger partial charge in [0.05, 0.1) is 0 Å². The first-order valence-electron chi connectivity index (χ1n) is 8.84. The molecule has 2 aromatic carbocycles. The number of aromatic nitrogens is 2. The molecule has 0 aliphatic rings. The van der Waals surface area contributed by atoms with Gasteiger partial charge in [-0.25, -0.2) is 0 Å². The molecule has 26 heavy (non-hydrogen) atoms. The van der Waals surface area contributed by atoms with Gasteiger partial charge in [-0.1, -0.05) is 53.2 Å². The Labute approximate surface area is 153 Å². The first-order valence-corrected chi connectivity index (χ1v) is 8.84. The number of carbonyl (C=O) groups is 1. The highest BCUT2D eigenvalue weighted by Crippen LogP contribution is 2.21. The van der Waals surface area contributed by atoms with Crippen molar-refractivity contribution in [2.24, 2.45) is 0 Å². The topological polar surface area (TPSA) is 59.2 Å². The minimum absolute atomic E-state index is 0.0527. The number of rotatable bonds is 6. The van der Waals surface area contributed by atoms with Crippen molar-refractivity contribution in [1.82, 2.24) is 10.1 Å². The zero-order valence-corrected chi connectivity index (χ0v) is 15.4. The van der Waals surface area contributed by atoms with Gasteiger partial charge in [-0.05, 0) is 32.4 Å². The summed E-state index contributed by atoms with van der Waals surface area (Å²) in [6.45, 7) is 6.65. The van der Waals surface area contributed by atoms with Crippen molar-refractivity contribution in [3.8, 4) is 11.4 Å². The average molecular weight is 349 g/mol. The molecule has 0 radical (unpaired) electrons. The van der Waals surface area contributed by atoms with E-state index in [1.165, 1.54) is 5.56 Å². The summed E-state index contributed by atoms with van der Waals surface area (Å²) in [5.41, 5.74) is 4.12. The standard InChI is InChI=1S/C21H23N3O2/c1-4-24(18-8-6-5-7-16(18)3)20(25)14-13-19-22-21(23-26-19)17-11-9-15(2)10-12-17/h5-12H,4,13-14H2,1-3H3. The molecule has 0 aliphatic heterocycles. The van der Waals surface area contributed by atoms with E-state index in [2.05, 4.69) is 10.1 Å². The third-order valence-electron chi connectivity index (χ3n) is 4.35. The number of para-hydroxylation sites is 1. The third-order valence-corrected chi connectivity index (χ3v) is 4.35. The van der Waals surface area contributed by atoms with E-state index in [0.29, 0.717) is 31.1 Å². The molecule has 0 fully saturated rings. The predicted molar refractivity (Wildman–Crippen MR) is 102 cm³/mol. The van der Waals surface area contributed by atoms with Crippen molar-refractivity contribution in [3.63, 3.8) is 0 Å². The van der Waals surface area contributed by atoms with Crippen molar-refractivity contribution >= 4 is 11.6 Å². The van der Waals surface area contributed by atoms with Crippen LogP contribution in [0.3, 0.4) is 0 Å². The molecule has 134 valence electrons. The second-order valence-corrected chi connectivity index (χ2v) is 6.30. The maximum Gasteiger partial charge on any atom is 0.227 e. The second-order valence-electron chi connectivity index (χ2n) is 6.30.